The Labute approximate surface area is 214 Å². The number of carbonyl (C=O) groups excluding carboxylic acids is 1. The summed E-state index contributed by atoms with van der Waals surface area (Å²) >= 11 is 0. The number of halogens is 3. The number of benzene rings is 3. The zero-order valence-electron chi connectivity index (χ0n) is 20.2. The molecule has 0 bridgehead atoms. The number of nitrogens with one attached hydrogen (secondary N) is 3. The molecule has 11 heteroatoms. The Morgan fingerprint density at radius 3 is 2.26 bits per heavy atom. The van der Waals surface area contributed by atoms with Gasteiger partial charge in [-0.25, -0.2) is 9.97 Å². The van der Waals surface area contributed by atoms with Crippen molar-refractivity contribution in [1.82, 2.24) is 19.9 Å². The van der Waals surface area contributed by atoms with E-state index in [0.717, 1.165) is 16.8 Å². The van der Waals surface area contributed by atoms with Gasteiger partial charge in [-0.2, -0.15) is 4.98 Å². The van der Waals surface area contributed by atoms with Crippen LogP contribution in [0, 0.1) is 13.8 Å². The van der Waals surface area contributed by atoms with Gasteiger partial charge >= 0.3 is 6.36 Å². The van der Waals surface area contributed by atoms with Crippen LogP contribution in [0.1, 0.15) is 21.5 Å². The van der Waals surface area contributed by atoms with Crippen molar-refractivity contribution in [2.75, 3.05) is 10.6 Å². The maximum atomic E-state index is 12.8. The van der Waals surface area contributed by atoms with Crippen LogP contribution in [0.5, 0.6) is 5.75 Å². The highest BCUT2D eigenvalue weighted by atomic mass is 19.4. The number of fused-ring (bicyclic) bond motifs is 1. The van der Waals surface area contributed by atoms with Crippen LogP contribution >= 0.6 is 0 Å². The minimum atomic E-state index is -4.78. The van der Waals surface area contributed by atoms with Gasteiger partial charge in [0.2, 0.25) is 5.95 Å². The number of anilines is 3. The minimum absolute atomic E-state index is 0.225. The van der Waals surface area contributed by atoms with E-state index in [1.165, 1.54) is 30.6 Å². The third kappa shape index (κ3) is 5.41. The van der Waals surface area contributed by atoms with Crippen LogP contribution < -0.4 is 15.4 Å². The van der Waals surface area contributed by atoms with Crippen LogP contribution in [-0.2, 0) is 0 Å². The molecule has 5 rings (SSSR count). The molecule has 8 nitrogen and oxygen atoms in total. The maximum absolute atomic E-state index is 12.8. The van der Waals surface area contributed by atoms with Gasteiger partial charge in [0.15, 0.2) is 5.65 Å². The maximum Gasteiger partial charge on any atom is 0.573 e. The van der Waals surface area contributed by atoms with Gasteiger partial charge in [-0.3, -0.25) is 4.79 Å². The number of aromatic nitrogens is 4. The molecule has 0 atom stereocenters. The smallest absolute Gasteiger partial charge is 0.406 e. The molecule has 38 heavy (non-hydrogen) atoms. The molecule has 3 aromatic carbocycles. The molecule has 192 valence electrons. The molecule has 0 aliphatic rings. The Bertz CT molecular complexity index is 1590. The number of ether oxygens (including phenoxy) is 1. The van der Waals surface area contributed by atoms with Gasteiger partial charge < -0.3 is 20.4 Å². The van der Waals surface area contributed by atoms with Crippen LogP contribution in [0.4, 0.5) is 30.5 Å². The van der Waals surface area contributed by atoms with Gasteiger partial charge in [0.1, 0.15) is 17.0 Å². The SMILES string of the molecule is Cc1cccc(C)c1NC(=O)c1ccc(Nc2nc(-c3ccc(OC(F)(F)F)cc3)c3[nH]cnc3n2)cc1. The molecule has 0 saturated heterocycles. The van der Waals surface area contributed by atoms with Gasteiger partial charge in [0.25, 0.3) is 5.91 Å². The van der Waals surface area contributed by atoms with Gasteiger partial charge in [0, 0.05) is 22.5 Å². The van der Waals surface area contributed by atoms with Gasteiger partial charge in [-0.1, -0.05) is 18.2 Å². The second-order valence-electron chi connectivity index (χ2n) is 8.49. The topological polar surface area (TPSA) is 105 Å². The molecule has 0 radical (unpaired) electrons. The number of alkyl halides is 3. The molecule has 0 saturated carbocycles. The lowest BCUT2D eigenvalue weighted by molar-refractivity contribution is -0.274. The van der Waals surface area contributed by atoms with Crippen LogP contribution in [0.2, 0.25) is 0 Å². The van der Waals surface area contributed by atoms with E-state index in [2.05, 4.69) is 35.3 Å². The third-order valence-corrected chi connectivity index (χ3v) is 5.77. The molecular weight excluding hydrogens is 497 g/mol. The number of hydrogen-bond acceptors (Lipinski definition) is 6. The van der Waals surface area contributed by atoms with Crippen LogP contribution in [-0.4, -0.2) is 32.2 Å². The average molecular weight is 518 g/mol. The number of hydrogen-bond donors (Lipinski definition) is 3. The number of amides is 1. The number of rotatable bonds is 6. The fraction of sp³-hybridized carbons (Fsp3) is 0.111. The number of carbonyl (C=O) groups is 1. The van der Waals surface area contributed by atoms with Crippen molar-refractivity contribution in [3.05, 3.63) is 89.7 Å². The van der Waals surface area contributed by atoms with E-state index in [-0.39, 0.29) is 17.6 Å². The molecule has 0 fully saturated rings. The largest absolute Gasteiger partial charge is 0.573 e. The van der Waals surface area contributed by atoms with Gasteiger partial charge in [-0.05, 0) is 73.5 Å². The standard InChI is InChI=1S/C27H21F3N6O2/c1-15-4-3-5-16(2)21(15)34-25(37)18-6-10-19(11-7-18)33-26-35-22(23-24(36-26)32-14-31-23)17-8-12-20(13-9-17)38-27(28,29)30/h3-14H,1-2H3,(H,34,37)(H2,31,32,33,35,36). The summed E-state index contributed by atoms with van der Waals surface area (Å²) in [5, 5.41) is 6.05. The number of imidazole rings is 1. The summed E-state index contributed by atoms with van der Waals surface area (Å²) in [5.74, 6) is -0.345. The number of aryl methyl sites for hydroxylation is 2. The van der Waals surface area contributed by atoms with Crippen LogP contribution in [0.15, 0.2) is 73.1 Å². The minimum Gasteiger partial charge on any atom is -0.406 e. The van der Waals surface area contributed by atoms with Crippen molar-refractivity contribution in [3.8, 4) is 17.0 Å². The van der Waals surface area contributed by atoms with Crippen molar-refractivity contribution in [3.63, 3.8) is 0 Å². The quantitative estimate of drug-likeness (QED) is 0.236. The Hall–Kier alpha value is -4.93. The lowest BCUT2D eigenvalue weighted by Crippen LogP contribution is -2.16. The fourth-order valence-electron chi connectivity index (χ4n) is 3.94. The highest BCUT2D eigenvalue weighted by Crippen LogP contribution is 2.30. The number of nitrogens with zero attached hydrogens (tertiary/aromatic N) is 3. The summed E-state index contributed by atoms with van der Waals surface area (Å²) in [6.07, 6.45) is -3.32. The first-order valence-electron chi connectivity index (χ1n) is 11.5. The van der Waals surface area contributed by atoms with Crippen LogP contribution in [0.25, 0.3) is 22.4 Å². The van der Waals surface area contributed by atoms with Crippen molar-refractivity contribution in [1.29, 1.82) is 0 Å². The van der Waals surface area contributed by atoms with E-state index in [1.54, 1.807) is 24.3 Å². The molecule has 0 aliphatic carbocycles. The van der Waals surface area contributed by atoms with E-state index >= 15 is 0 Å². The van der Waals surface area contributed by atoms with Crippen molar-refractivity contribution in [2.24, 2.45) is 0 Å². The lowest BCUT2D eigenvalue weighted by atomic mass is 10.1. The van der Waals surface area contributed by atoms with Crippen LogP contribution in [0.3, 0.4) is 0 Å². The summed E-state index contributed by atoms with van der Waals surface area (Å²) in [7, 11) is 0. The first-order chi connectivity index (χ1) is 18.2. The molecule has 2 aromatic heterocycles. The Morgan fingerprint density at radius 2 is 1.61 bits per heavy atom. The van der Waals surface area contributed by atoms with Gasteiger partial charge in [0.05, 0.1) is 6.33 Å². The molecule has 5 aromatic rings. The summed E-state index contributed by atoms with van der Waals surface area (Å²) in [6.45, 7) is 3.87. The number of para-hydroxylation sites is 1. The lowest BCUT2D eigenvalue weighted by Gasteiger charge is -2.12. The molecular formula is C27H21F3N6O2. The summed E-state index contributed by atoms with van der Waals surface area (Å²) < 4.78 is 41.5. The summed E-state index contributed by atoms with van der Waals surface area (Å²) in [5.41, 5.74) is 5.71. The molecule has 3 N–H and O–H groups in total. The fourth-order valence-corrected chi connectivity index (χ4v) is 3.94. The Kier molecular flexibility index (Phi) is 6.41. The highest BCUT2D eigenvalue weighted by molar-refractivity contribution is 6.05. The predicted octanol–water partition coefficient (Wildman–Crippen LogP) is 6.53. The highest BCUT2D eigenvalue weighted by Gasteiger charge is 2.31. The molecule has 1 amide bonds. The van der Waals surface area contributed by atoms with Gasteiger partial charge in [-0.15, -0.1) is 13.2 Å². The predicted molar refractivity (Wildman–Crippen MR) is 137 cm³/mol. The van der Waals surface area contributed by atoms with E-state index < -0.39 is 6.36 Å². The monoisotopic (exact) mass is 518 g/mol. The zero-order chi connectivity index (χ0) is 26.9. The van der Waals surface area contributed by atoms with E-state index in [1.807, 2.05) is 32.0 Å². The normalized spacial score (nSPS) is 11.4. The average Bonchev–Trinajstić information content (AvgIpc) is 3.34. The first kappa shape index (κ1) is 24.8. The third-order valence-electron chi connectivity index (χ3n) is 5.77. The van der Waals surface area contributed by atoms with E-state index in [0.29, 0.717) is 33.7 Å². The number of H-pyrrole nitrogens is 1. The zero-order valence-corrected chi connectivity index (χ0v) is 20.2. The second-order valence-corrected chi connectivity index (χ2v) is 8.49. The van der Waals surface area contributed by atoms with Crippen molar-refractivity contribution < 1.29 is 22.7 Å². The first-order valence-corrected chi connectivity index (χ1v) is 11.5. The summed E-state index contributed by atoms with van der Waals surface area (Å²) in [6, 6.07) is 18.0. The van der Waals surface area contributed by atoms with E-state index in [9.17, 15) is 18.0 Å². The van der Waals surface area contributed by atoms with E-state index in [4.69, 9.17) is 0 Å². The van der Waals surface area contributed by atoms with Crippen molar-refractivity contribution >= 4 is 34.4 Å². The Morgan fingerprint density at radius 1 is 0.921 bits per heavy atom. The Balaban J connectivity index is 1.36. The summed E-state index contributed by atoms with van der Waals surface area (Å²) in [4.78, 5) is 28.9. The molecule has 2 heterocycles. The molecule has 0 aliphatic heterocycles. The second kappa shape index (κ2) is 9.85. The van der Waals surface area contributed by atoms with Crippen molar-refractivity contribution in [2.45, 2.75) is 20.2 Å². The molecule has 0 unspecified atom stereocenters. The molecule has 0 spiro atoms. The number of aromatic amines is 1.